The maximum absolute atomic E-state index is 13.7. The van der Waals surface area contributed by atoms with E-state index in [0.717, 1.165) is 31.6 Å². The molecule has 2 aliphatic heterocycles. The Balaban J connectivity index is 1.37. The molecule has 3 fully saturated rings. The Morgan fingerprint density at radius 2 is 1.84 bits per heavy atom. The molecule has 1 aromatic carbocycles. The van der Waals surface area contributed by atoms with Crippen molar-refractivity contribution >= 4 is 40.7 Å². The summed E-state index contributed by atoms with van der Waals surface area (Å²) in [5, 5.41) is 12.1. The van der Waals surface area contributed by atoms with Gasteiger partial charge >= 0.3 is 0 Å². The third-order valence-corrected chi connectivity index (χ3v) is 8.55. The molecule has 2 saturated heterocycles. The van der Waals surface area contributed by atoms with Crippen molar-refractivity contribution < 1.29 is 23.4 Å². The Bertz CT molecular complexity index is 1120. The van der Waals surface area contributed by atoms with Gasteiger partial charge in [-0.25, -0.2) is 13.8 Å². The topological polar surface area (TPSA) is 90.0 Å². The van der Waals surface area contributed by atoms with Crippen molar-refractivity contribution in [3.05, 3.63) is 36.0 Å². The maximum Gasteiger partial charge on any atom is 0.259 e. The number of nitrogens with zero attached hydrogens (tertiary/aromatic N) is 3. The van der Waals surface area contributed by atoms with E-state index in [2.05, 4.69) is 19.9 Å². The van der Waals surface area contributed by atoms with Crippen molar-refractivity contribution in [3.8, 4) is 5.75 Å². The highest BCUT2D eigenvalue weighted by atomic mass is 32.2. The fraction of sp³-hybridized carbons (Fsp3) is 0.556. The van der Waals surface area contributed by atoms with Crippen LogP contribution in [0.1, 0.15) is 48.9 Å². The molecule has 3 heterocycles. The van der Waals surface area contributed by atoms with Gasteiger partial charge < -0.3 is 29.7 Å². The first-order valence-corrected chi connectivity index (χ1v) is 14.3. The van der Waals surface area contributed by atoms with Crippen LogP contribution in [0, 0.1) is 5.41 Å². The van der Waals surface area contributed by atoms with E-state index in [4.69, 9.17) is 9.84 Å². The molecule has 1 spiro atoms. The first kappa shape index (κ1) is 26.8. The van der Waals surface area contributed by atoms with Crippen molar-refractivity contribution in [1.82, 2.24) is 4.98 Å². The highest BCUT2D eigenvalue weighted by Crippen LogP contribution is 2.54. The SMILES string of the molecule is O=C(Nc1ccc(OCF)c(N2CCC(F)CC2)c1)c1cnc(NSCCO)cc1N1CCC2(CC1)CC2. The summed E-state index contributed by atoms with van der Waals surface area (Å²) in [5.41, 5.74) is 2.97. The van der Waals surface area contributed by atoms with Crippen molar-refractivity contribution in [2.24, 2.45) is 5.41 Å². The van der Waals surface area contributed by atoms with E-state index in [1.54, 1.807) is 24.4 Å². The van der Waals surface area contributed by atoms with Crippen molar-refractivity contribution in [1.29, 1.82) is 0 Å². The van der Waals surface area contributed by atoms with Gasteiger partial charge in [0.25, 0.3) is 5.91 Å². The average Bonchev–Trinajstić information content (AvgIpc) is 3.69. The summed E-state index contributed by atoms with van der Waals surface area (Å²) in [6, 6.07) is 6.97. The lowest BCUT2D eigenvalue weighted by molar-refractivity contribution is 0.102. The number of pyridine rings is 1. The van der Waals surface area contributed by atoms with Crippen LogP contribution in [0.5, 0.6) is 5.75 Å². The fourth-order valence-electron chi connectivity index (χ4n) is 5.32. The number of rotatable bonds is 10. The number of hydrogen-bond donors (Lipinski definition) is 3. The summed E-state index contributed by atoms with van der Waals surface area (Å²) >= 11 is 1.36. The third-order valence-electron chi connectivity index (χ3n) is 7.81. The van der Waals surface area contributed by atoms with Crippen LogP contribution in [0.15, 0.2) is 30.5 Å². The van der Waals surface area contributed by atoms with Gasteiger partial charge in [0.05, 0.1) is 23.5 Å². The highest BCUT2D eigenvalue weighted by molar-refractivity contribution is 8.00. The number of anilines is 4. The molecule has 3 aliphatic rings. The quantitative estimate of drug-likeness (QED) is 0.283. The molecule has 0 radical (unpaired) electrons. The number of hydrogen-bond acceptors (Lipinski definition) is 8. The van der Waals surface area contributed by atoms with Crippen LogP contribution in [-0.2, 0) is 0 Å². The molecule has 1 amide bonds. The number of carbonyl (C=O) groups is 1. The minimum absolute atomic E-state index is 0.0577. The molecule has 206 valence electrons. The Hall–Kier alpha value is -2.79. The fourth-order valence-corrected chi connectivity index (χ4v) is 5.77. The molecular formula is C27H35F2N5O3S. The lowest BCUT2D eigenvalue weighted by atomic mass is 9.93. The van der Waals surface area contributed by atoms with Crippen LogP contribution in [0.4, 0.5) is 31.7 Å². The zero-order valence-electron chi connectivity index (χ0n) is 21.4. The number of halogens is 2. The second kappa shape index (κ2) is 11.9. The molecule has 1 saturated carbocycles. The zero-order chi connectivity index (χ0) is 26.5. The standard InChI is InChI=1S/C27H35F2N5O3S/c28-18-37-24-2-1-20(15-23(24)33-9-3-19(29)4-10-33)31-26(36)21-17-30-25(32-38-14-13-35)16-22(21)34-11-7-27(5-6-27)8-12-34/h1-2,15-17,19,35H,3-14,18H2,(H,30,32)(H,31,36). The minimum Gasteiger partial charge on any atom is -0.461 e. The normalized spacial score (nSPS) is 18.9. The average molecular weight is 548 g/mol. The van der Waals surface area contributed by atoms with Gasteiger partial charge in [0.1, 0.15) is 17.7 Å². The number of amides is 1. The van der Waals surface area contributed by atoms with Gasteiger partial charge in [-0.2, -0.15) is 0 Å². The maximum atomic E-state index is 13.7. The van der Waals surface area contributed by atoms with Crippen molar-refractivity contribution in [3.63, 3.8) is 0 Å². The van der Waals surface area contributed by atoms with E-state index in [1.165, 1.54) is 24.8 Å². The predicted octanol–water partition coefficient (Wildman–Crippen LogP) is 5.01. The molecule has 8 nitrogen and oxygen atoms in total. The van der Waals surface area contributed by atoms with E-state index < -0.39 is 13.0 Å². The van der Waals surface area contributed by atoms with Gasteiger partial charge in [-0.3, -0.25) is 4.79 Å². The molecule has 0 unspecified atom stereocenters. The molecule has 0 bridgehead atoms. The van der Waals surface area contributed by atoms with Crippen LogP contribution in [0.3, 0.4) is 0 Å². The van der Waals surface area contributed by atoms with Gasteiger partial charge in [-0.1, -0.05) is 0 Å². The molecular weight excluding hydrogens is 512 g/mol. The number of aliphatic hydroxyl groups is 1. The number of aliphatic hydroxyl groups excluding tert-OH is 1. The second-order valence-corrected chi connectivity index (χ2v) is 11.2. The van der Waals surface area contributed by atoms with E-state index in [0.29, 0.717) is 65.6 Å². The minimum atomic E-state index is -0.971. The first-order valence-electron chi connectivity index (χ1n) is 13.3. The summed E-state index contributed by atoms with van der Waals surface area (Å²) < 4.78 is 35.1. The van der Waals surface area contributed by atoms with Crippen LogP contribution < -0.4 is 24.6 Å². The Morgan fingerprint density at radius 1 is 1.11 bits per heavy atom. The summed E-state index contributed by atoms with van der Waals surface area (Å²) in [5.74, 6) is 1.23. The molecule has 38 heavy (non-hydrogen) atoms. The predicted molar refractivity (Wildman–Crippen MR) is 148 cm³/mol. The number of aromatic nitrogens is 1. The van der Waals surface area contributed by atoms with Gasteiger partial charge in [0, 0.05) is 49.9 Å². The molecule has 0 atom stereocenters. The number of piperidine rings is 2. The van der Waals surface area contributed by atoms with E-state index >= 15 is 0 Å². The number of alkyl halides is 2. The molecule has 11 heteroatoms. The Labute approximate surface area is 226 Å². The largest absolute Gasteiger partial charge is 0.461 e. The zero-order valence-corrected chi connectivity index (χ0v) is 22.2. The van der Waals surface area contributed by atoms with E-state index in [1.807, 2.05) is 11.0 Å². The summed E-state index contributed by atoms with van der Waals surface area (Å²) in [6.45, 7) is 1.85. The Morgan fingerprint density at radius 3 is 2.53 bits per heavy atom. The smallest absolute Gasteiger partial charge is 0.259 e. The van der Waals surface area contributed by atoms with Gasteiger partial charge in [0.2, 0.25) is 6.86 Å². The lowest BCUT2D eigenvalue weighted by Gasteiger charge is -2.35. The molecule has 2 aromatic rings. The number of nitrogens with one attached hydrogen (secondary N) is 2. The van der Waals surface area contributed by atoms with Gasteiger partial charge in [0.15, 0.2) is 0 Å². The van der Waals surface area contributed by atoms with Crippen LogP contribution >= 0.6 is 11.9 Å². The van der Waals surface area contributed by atoms with Crippen LogP contribution in [0.2, 0.25) is 0 Å². The highest BCUT2D eigenvalue weighted by Gasteiger charge is 2.44. The van der Waals surface area contributed by atoms with E-state index in [9.17, 15) is 13.6 Å². The number of benzene rings is 1. The van der Waals surface area contributed by atoms with Gasteiger partial charge in [-0.15, -0.1) is 0 Å². The monoisotopic (exact) mass is 547 g/mol. The Kier molecular flexibility index (Phi) is 8.42. The van der Waals surface area contributed by atoms with E-state index in [-0.39, 0.29) is 12.5 Å². The molecule has 1 aliphatic carbocycles. The molecule has 3 N–H and O–H groups in total. The first-order chi connectivity index (χ1) is 18.5. The summed E-state index contributed by atoms with van der Waals surface area (Å²) in [4.78, 5) is 22.2. The lowest BCUT2D eigenvalue weighted by Crippen LogP contribution is -2.36. The van der Waals surface area contributed by atoms with Crippen molar-refractivity contribution in [2.75, 3.05) is 65.2 Å². The third kappa shape index (κ3) is 6.26. The van der Waals surface area contributed by atoms with Crippen LogP contribution in [0.25, 0.3) is 0 Å². The van der Waals surface area contributed by atoms with Gasteiger partial charge in [-0.05, 0) is 74.1 Å². The number of ether oxygens (including phenoxy) is 1. The van der Waals surface area contributed by atoms with Crippen molar-refractivity contribution in [2.45, 2.75) is 44.7 Å². The second-order valence-electron chi connectivity index (χ2n) is 10.3. The summed E-state index contributed by atoms with van der Waals surface area (Å²) in [6.07, 6.45) is 6.37. The number of carbonyl (C=O) groups excluding carboxylic acids is 1. The molecule has 1 aromatic heterocycles. The molecule has 5 rings (SSSR count). The summed E-state index contributed by atoms with van der Waals surface area (Å²) in [7, 11) is 0. The van der Waals surface area contributed by atoms with Crippen LogP contribution in [-0.4, -0.2) is 67.6 Å².